The first kappa shape index (κ1) is 27.0. The summed E-state index contributed by atoms with van der Waals surface area (Å²) in [4.78, 5) is 21.8. The summed E-state index contributed by atoms with van der Waals surface area (Å²) in [5.74, 6) is -17.8. The van der Waals surface area contributed by atoms with Gasteiger partial charge in [0.05, 0.1) is 6.61 Å². The van der Waals surface area contributed by atoms with Crippen LogP contribution in [-0.2, 0) is 29.2 Å². The Balaban J connectivity index is 5.22. The molecule has 0 aliphatic heterocycles. The van der Waals surface area contributed by atoms with Gasteiger partial charge in [0.15, 0.2) is 10.1 Å². The second-order valence-corrected chi connectivity index (χ2v) is 6.62. The summed E-state index contributed by atoms with van der Waals surface area (Å²) in [5, 5.41) is 2.66. The number of hydrogen-bond donors (Lipinski definition) is 1. The Hall–Kier alpha value is -2.01. The number of alkyl halides is 7. The number of carbonyl (C=O) groups excluding carboxylic acids is 1. The molecule has 170 valence electrons. The van der Waals surface area contributed by atoms with E-state index in [1.807, 2.05) is 0 Å². The third-order valence-electron chi connectivity index (χ3n) is 3.04. The number of hydrogen-bond acceptors (Lipinski definition) is 7. The number of aliphatic carboxylic acids is 1. The molecule has 0 aromatic heterocycles. The van der Waals surface area contributed by atoms with Crippen LogP contribution in [0.3, 0.4) is 0 Å². The van der Waals surface area contributed by atoms with Crippen molar-refractivity contribution >= 4 is 22.1 Å². The number of carbonyl (C=O) groups is 2. The molecule has 0 amide bonds. The van der Waals surface area contributed by atoms with E-state index in [1.165, 1.54) is 0 Å². The van der Waals surface area contributed by atoms with Crippen molar-refractivity contribution in [3.63, 3.8) is 0 Å². The summed E-state index contributed by atoms with van der Waals surface area (Å²) >= 11 is 0. The third kappa shape index (κ3) is 5.99. The van der Waals surface area contributed by atoms with Gasteiger partial charge in [-0.3, -0.25) is 0 Å². The molecule has 0 saturated carbocycles. The number of halogens is 8. The number of ether oxygens (including phenoxy) is 2. The first-order valence-electron chi connectivity index (χ1n) is 6.96. The van der Waals surface area contributed by atoms with Crippen molar-refractivity contribution in [2.45, 2.75) is 42.4 Å². The fraction of sp³-hybridized carbons (Fsp3) is 0.667. The second kappa shape index (κ2) is 8.78. The van der Waals surface area contributed by atoms with Crippen LogP contribution >= 0.6 is 0 Å². The molecule has 29 heavy (non-hydrogen) atoms. The van der Waals surface area contributed by atoms with Crippen molar-refractivity contribution in [2.75, 3.05) is 6.61 Å². The van der Waals surface area contributed by atoms with Gasteiger partial charge in [-0.15, -0.1) is 0 Å². The SMILES string of the molecule is C=C(F)C(=O)OC(OCCCCC(F)(F)C(F)(F)S(=O)(=O)[O-])(C(=O)O)C(F)(F)F. The Bertz CT molecular complexity index is 747. The molecule has 0 bridgehead atoms. The van der Waals surface area contributed by atoms with Gasteiger partial charge in [-0.25, -0.2) is 18.0 Å². The van der Waals surface area contributed by atoms with Gasteiger partial charge in [0, 0.05) is 6.42 Å². The minimum absolute atomic E-state index is 1.02. The number of carboxylic acid groups (broad SMARTS) is 1. The van der Waals surface area contributed by atoms with Crippen molar-refractivity contribution in [3.8, 4) is 0 Å². The summed E-state index contributed by atoms with van der Waals surface area (Å²) in [5.41, 5.74) is 0. The Morgan fingerprint density at radius 1 is 1.03 bits per heavy atom. The van der Waals surface area contributed by atoms with Crippen LogP contribution in [0.25, 0.3) is 0 Å². The number of carboxylic acids is 1. The van der Waals surface area contributed by atoms with E-state index in [-0.39, 0.29) is 0 Å². The van der Waals surface area contributed by atoms with Gasteiger partial charge in [-0.05, 0) is 12.8 Å². The fourth-order valence-electron chi connectivity index (χ4n) is 1.58. The summed E-state index contributed by atoms with van der Waals surface area (Å²) in [7, 11) is -6.77. The molecule has 17 heteroatoms. The van der Waals surface area contributed by atoms with Gasteiger partial charge < -0.3 is 19.1 Å². The summed E-state index contributed by atoms with van der Waals surface area (Å²) in [6.45, 7) is 0.819. The van der Waals surface area contributed by atoms with Crippen LogP contribution < -0.4 is 0 Å². The van der Waals surface area contributed by atoms with Crippen molar-refractivity contribution in [1.29, 1.82) is 0 Å². The zero-order chi connectivity index (χ0) is 23.5. The second-order valence-electron chi connectivity index (χ2n) is 5.19. The lowest BCUT2D eigenvalue weighted by atomic mass is 10.1. The lowest BCUT2D eigenvalue weighted by molar-refractivity contribution is -0.353. The van der Waals surface area contributed by atoms with E-state index in [9.17, 15) is 57.7 Å². The molecule has 0 aliphatic carbocycles. The lowest BCUT2D eigenvalue weighted by Gasteiger charge is -2.30. The van der Waals surface area contributed by atoms with E-state index in [2.05, 4.69) is 16.1 Å². The summed E-state index contributed by atoms with van der Waals surface area (Å²) in [6, 6.07) is 0. The molecule has 0 rings (SSSR count). The maximum atomic E-state index is 13.2. The highest BCUT2D eigenvalue weighted by Gasteiger charge is 2.67. The van der Waals surface area contributed by atoms with Gasteiger partial charge in [0.2, 0.25) is 5.83 Å². The highest BCUT2D eigenvalue weighted by Crippen LogP contribution is 2.42. The van der Waals surface area contributed by atoms with Gasteiger partial charge in [-0.1, -0.05) is 6.58 Å². The van der Waals surface area contributed by atoms with E-state index in [0.717, 1.165) is 0 Å². The normalized spacial score (nSPS) is 15.5. The zero-order valence-electron chi connectivity index (χ0n) is 13.8. The molecule has 0 heterocycles. The van der Waals surface area contributed by atoms with Crippen molar-refractivity contribution in [2.24, 2.45) is 0 Å². The minimum atomic E-state index is -6.77. The van der Waals surface area contributed by atoms with Crippen LogP contribution in [0.15, 0.2) is 12.4 Å². The number of unbranched alkanes of at least 4 members (excludes halogenated alkanes) is 1. The van der Waals surface area contributed by atoms with Gasteiger partial charge >= 0.3 is 35.1 Å². The monoisotopic (exact) mass is 467 g/mol. The standard InChI is InChI=1S/C12H12F8O8S/c1-6(13)7(21)28-10(8(22)23,11(16,17)18)27-5-3-2-4-9(14,15)12(19,20)29(24,25)26/h1-5H2,(H,22,23)(H,24,25,26)/p-1. The van der Waals surface area contributed by atoms with Crippen molar-refractivity contribution in [3.05, 3.63) is 12.4 Å². The summed E-state index contributed by atoms with van der Waals surface area (Å²) < 4.78 is 141. The van der Waals surface area contributed by atoms with Gasteiger partial charge in [-0.2, -0.15) is 35.1 Å². The van der Waals surface area contributed by atoms with E-state index in [1.54, 1.807) is 0 Å². The van der Waals surface area contributed by atoms with Crippen LogP contribution in [0.4, 0.5) is 35.1 Å². The lowest BCUT2D eigenvalue weighted by Crippen LogP contribution is -2.57. The van der Waals surface area contributed by atoms with Crippen LogP contribution in [-0.4, -0.2) is 59.8 Å². The molecule has 8 nitrogen and oxygen atoms in total. The largest absolute Gasteiger partial charge is 0.743 e. The average Bonchev–Trinajstić information content (AvgIpc) is 2.50. The summed E-state index contributed by atoms with van der Waals surface area (Å²) in [6.07, 6.45) is -10.2. The Labute approximate surface area is 156 Å². The Kier molecular flexibility index (Phi) is 8.17. The highest BCUT2D eigenvalue weighted by molar-refractivity contribution is 7.86. The maximum absolute atomic E-state index is 13.2. The first-order chi connectivity index (χ1) is 12.7. The molecular formula is C12H11F8O8S-. The first-order valence-corrected chi connectivity index (χ1v) is 8.36. The fourth-order valence-corrected chi connectivity index (χ4v) is 2.04. The highest BCUT2D eigenvalue weighted by atomic mass is 32.2. The predicted octanol–water partition coefficient (Wildman–Crippen LogP) is 2.32. The van der Waals surface area contributed by atoms with Crippen LogP contribution in [0, 0.1) is 0 Å². The average molecular weight is 467 g/mol. The molecule has 0 aromatic carbocycles. The molecule has 0 aromatic rings. The van der Waals surface area contributed by atoms with Gasteiger partial charge in [0.25, 0.3) is 0 Å². The molecule has 0 aliphatic rings. The van der Waals surface area contributed by atoms with E-state index in [0.29, 0.717) is 0 Å². The topological polar surface area (TPSA) is 130 Å². The van der Waals surface area contributed by atoms with Crippen LogP contribution in [0.2, 0.25) is 0 Å². The van der Waals surface area contributed by atoms with E-state index >= 15 is 0 Å². The third-order valence-corrected chi connectivity index (χ3v) is 3.97. The van der Waals surface area contributed by atoms with Crippen molar-refractivity contribution < 1.29 is 72.3 Å². The minimum Gasteiger partial charge on any atom is -0.743 e. The molecule has 0 radical (unpaired) electrons. The van der Waals surface area contributed by atoms with Crippen LogP contribution in [0.5, 0.6) is 0 Å². The molecule has 1 N–H and O–H groups in total. The number of esters is 1. The van der Waals surface area contributed by atoms with Crippen LogP contribution in [0.1, 0.15) is 19.3 Å². The predicted molar refractivity (Wildman–Crippen MR) is 72.2 cm³/mol. The molecular weight excluding hydrogens is 456 g/mol. The Morgan fingerprint density at radius 2 is 1.52 bits per heavy atom. The van der Waals surface area contributed by atoms with E-state index < -0.39 is 76.9 Å². The van der Waals surface area contributed by atoms with Crippen molar-refractivity contribution in [1.82, 2.24) is 0 Å². The smallest absolute Gasteiger partial charge is 0.468 e. The molecule has 0 spiro atoms. The quantitative estimate of drug-likeness (QED) is 0.122. The zero-order valence-corrected chi connectivity index (χ0v) is 14.6. The molecule has 1 unspecified atom stereocenters. The molecule has 0 saturated heterocycles. The van der Waals surface area contributed by atoms with E-state index in [4.69, 9.17) is 5.11 Å². The Morgan fingerprint density at radius 3 is 1.86 bits per heavy atom. The maximum Gasteiger partial charge on any atom is 0.468 e. The molecule has 0 fully saturated rings. The number of rotatable bonds is 11. The van der Waals surface area contributed by atoms with Gasteiger partial charge in [0.1, 0.15) is 0 Å². The molecule has 1 atom stereocenters.